The summed E-state index contributed by atoms with van der Waals surface area (Å²) in [6.45, 7) is 1.74. The van der Waals surface area contributed by atoms with Crippen LogP contribution in [-0.4, -0.2) is 16.0 Å². The molecule has 7 heteroatoms. The summed E-state index contributed by atoms with van der Waals surface area (Å²) in [6.07, 6.45) is 0. The lowest BCUT2D eigenvalue weighted by molar-refractivity contribution is 0.102. The van der Waals surface area contributed by atoms with Crippen molar-refractivity contribution in [1.29, 1.82) is 0 Å². The number of halogens is 1. The second kappa shape index (κ2) is 7.51. The van der Waals surface area contributed by atoms with Crippen molar-refractivity contribution < 1.29 is 9.32 Å². The van der Waals surface area contributed by atoms with Gasteiger partial charge in [0.15, 0.2) is 5.82 Å². The smallest absolute Gasteiger partial charge is 0.256 e. The van der Waals surface area contributed by atoms with Crippen LogP contribution in [-0.2, 0) is 5.75 Å². The van der Waals surface area contributed by atoms with Crippen LogP contribution in [0.5, 0.6) is 0 Å². The van der Waals surface area contributed by atoms with Crippen LogP contribution in [0.2, 0.25) is 5.02 Å². The number of hydrogen-bond donors (Lipinski definition) is 1. The highest BCUT2D eigenvalue weighted by molar-refractivity contribution is 7.98. The number of anilines is 1. The van der Waals surface area contributed by atoms with Gasteiger partial charge in [-0.2, -0.15) is 4.98 Å². The minimum atomic E-state index is -0.213. The van der Waals surface area contributed by atoms with Crippen LogP contribution in [0.3, 0.4) is 0 Å². The third-order valence-corrected chi connectivity index (χ3v) is 4.58. The molecule has 5 nitrogen and oxygen atoms in total. The molecular weight excluding hydrogens is 346 g/mol. The molecule has 1 aromatic heterocycles. The number of aromatic nitrogens is 2. The molecule has 1 N–H and O–H groups in total. The molecule has 0 saturated carbocycles. The quantitative estimate of drug-likeness (QED) is 0.675. The van der Waals surface area contributed by atoms with Gasteiger partial charge in [0.05, 0.1) is 22.0 Å². The molecule has 0 saturated heterocycles. The van der Waals surface area contributed by atoms with E-state index in [1.165, 1.54) is 11.8 Å². The molecule has 2 aromatic carbocycles. The van der Waals surface area contributed by atoms with Crippen LogP contribution < -0.4 is 5.32 Å². The number of hydrogen-bond acceptors (Lipinski definition) is 5. The maximum atomic E-state index is 12.6. The van der Waals surface area contributed by atoms with Crippen LogP contribution in [0.15, 0.2) is 57.9 Å². The summed E-state index contributed by atoms with van der Waals surface area (Å²) in [5.74, 6) is 1.43. The molecule has 0 bridgehead atoms. The van der Waals surface area contributed by atoms with E-state index < -0.39 is 0 Å². The number of carbonyl (C=O) groups excluding carboxylic acids is 1. The number of para-hydroxylation sites is 1. The summed E-state index contributed by atoms with van der Waals surface area (Å²) >= 11 is 7.57. The lowest BCUT2D eigenvalue weighted by atomic mass is 10.2. The number of carbonyl (C=O) groups is 1. The van der Waals surface area contributed by atoms with Crippen molar-refractivity contribution in [3.05, 3.63) is 70.8 Å². The third-order valence-electron chi connectivity index (χ3n) is 3.18. The van der Waals surface area contributed by atoms with E-state index in [-0.39, 0.29) is 5.91 Å². The Hall–Kier alpha value is -2.31. The fourth-order valence-electron chi connectivity index (χ4n) is 2.07. The standard InChI is InChI=1S/C17H14ClN3O2S/c1-11-19-16(21-23-11)10-24-15-9-5-2-6-12(15)17(22)20-14-8-4-3-7-13(14)18/h2-9H,10H2,1H3,(H,20,22). The maximum Gasteiger partial charge on any atom is 0.256 e. The van der Waals surface area contributed by atoms with Gasteiger partial charge in [0, 0.05) is 11.8 Å². The monoisotopic (exact) mass is 359 g/mol. The number of rotatable bonds is 5. The lowest BCUT2D eigenvalue weighted by Crippen LogP contribution is -2.13. The first-order valence-electron chi connectivity index (χ1n) is 7.20. The van der Waals surface area contributed by atoms with Gasteiger partial charge in [-0.25, -0.2) is 0 Å². The normalized spacial score (nSPS) is 10.6. The van der Waals surface area contributed by atoms with Gasteiger partial charge in [-0.15, -0.1) is 11.8 Å². The predicted molar refractivity (Wildman–Crippen MR) is 94.4 cm³/mol. The van der Waals surface area contributed by atoms with Crippen LogP contribution in [0.4, 0.5) is 5.69 Å². The first-order chi connectivity index (χ1) is 11.6. The van der Waals surface area contributed by atoms with E-state index in [9.17, 15) is 4.79 Å². The van der Waals surface area contributed by atoms with E-state index in [4.69, 9.17) is 16.1 Å². The average molecular weight is 360 g/mol. The molecule has 0 spiro atoms. The third kappa shape index (κ3) is 3.96. The maximum absolute atomic E-state index is 12.6. The Morgan fingerprint density at radius 3 is 2.71 bits per heavy atom. The number of benzene rings is 2. The molecule has 0 aliphatic rings. The summed E-state index contributed by atoms with van der Waals surface area (Å²) in [5, 5.41) is 7.19. The van der Waals surface area contributed by atoms with Crippen molar-refractivity contribution in [3.8, 4) is 0 Å². The van der Waals surface area contributed by atoms with Gasteiger partial charge in [-0.1, -0.05) is 41.0 Å². The Bertz CT molecular complexity index is 866. The SMILES string of the molecule is Cc1nc(CSc2ccccc2C(=O)Nc2ccccc2Cl)no1. The molecule has 1 amide bonds. The Morgan fingerprint density at radius 1 is 1.21 bits per heavy atom. The van der Waals surface area contributed by atoms with Crippen molar-refractivity contribution in [2.75, 3.05) is 5.32 Å². The highest BCUT2D eigenvalue weighted by Crippen LogP contribution is 2.27. The number of thioether (sulfide) groups is 1. The molecule has 1 heterocycles. The summed E-state index contributed by atoms with van der Waals surface area (Å²) in [6, 6.07) is 14.5. The van der Waals surface area contributed by atoms with Crippen LogP contribution in [0.1, 0.15) is 22.1 Å². The Morgan fingerprint density at radius 2 is 1.96 bits per heavy atom. The van der Waals surface area contributed by atoms with Crippen LogP contribution in [0.25, 0.3) is 0 Å². The van der Waals surface area contributed by atoms with Gasteiger partial charge >= 0.3 is 0 Å². The summed E-state index contributed by atoms with van der Waals surface area (Å²) in [7, 11) is 0. The summed E-state index contributed by atoms with van der Waals surface area (Å²) < 4.78 is 4.95. The van der Waals surface area contributed by atoms with E-state index in [1.807, 2.05) is 30.3 Å². The van der Waals surface area contributed by atoms with Crippen LogP contribution in [0, 0.1) is 6.92 Å². The minimum Gasteiger partial charge on any atom is -0.340 e. The zero-order chi connectivity index (χ0) is 16.9. The minimum absolute atomic E-state index is 0.213. The number of aryl methyl sites for hydroxylation is 1. The van der Waals surface area contributed by atoms with Crippen molar-refractivity contribution in [2.45, 2.75) is 17.6 Å². The molecule has 0 atom stereocenters. The van der Waals surface area contributed by atoms with E-state index in [2.05, 4.69) is 15.5 Å². The van der Waals surface area contributed by atoms with Crippen molar-refractivity contribution in [1.82, 2.24) is 10.1 Å². The highest BCUT2D eigenvalue weighted by atomic mass is 35.5. The van der Waals surface area contributed by atoms with E-state index in [0.717, 1.165) is 4.90 Å². The van der Waals surface area contributed by atoms with Crippen molar-refractivity contribution in [2.24, 2.45) is 0 Å². The fraction of sp³-hybridized carbons (Fsp3) is 0.118. The Labute approximate surface area is 148 Å². The summed E-state index contributed by atoms with van der Waals surface area (Å²) in [5.41, 5.74) is 1.15. The van der Waals surface area contributed by atoms with Gasteiger partial charge in [0.2, 0.25) is 5.89 Å². The molecule has 0 unspecified atom stereocenters. The number of nitrogens with one attached hydrogen (secondary N) is 1. The van der Waals surface area contributed by atoms with E-state index in [0.29, 0.717) is 33.7 Å². The largest absolute Gasteiger partial charge is 0.340 e. The second-order valence-corrected chi connectivity index (χ2v) is 6.37. The molecule has 24 heavy (non-hydrogen) atoms. The molecule has 3 rings (SSSR count). The molecule has 0 fully saturated rings. The molecule has 3 aromatic rings. The predicted octanol–water partition coefficient (Wildman–Crippen LogP) is 4.58. The van der Waals surface area contributed by atoms with Gasteiger partial charge in [-0.05, 0) is 24.3 Å². The van der Waals surface area contributed by atoms with Gasteiger partial charge in [-0.3, -0.25) is 4.79 Å². The fourth-order valence-corrected chi connectivity index (χ4v) is 3.15. The first kappa shape index (κ1) is 16.5. The lowest BCUT2D eigenvalue weighted by Gasteiger charge is -2.10. The second-order valence-electron chi connectivity index (χ2n) is 4.95. The zero-order valence-electron chi connectivity index (χ0n) is 12.8. The molecule has 0 radical (unpaired) electrons. The Kier molecular flexibility index (Phi) is 5.17. The van der Waals surface area contributed by atoms with E-state index >= 15 is 0 Å². The molecule has 122 valence electrons. The highest BCUT2D eigenvalue weighted by Gasteiger charge is 2.14. The van der Waals surface area contributed by atoms with Gasteiger partial charge in [0.1, 0.15) is 0 Å². The summed E-state index contributed by atoms with van der Waals surface area (Å²) in [4.78, 5) is 17.6. The Balaban J connectivity index is 1.75. The topological polar surface area (TPSA) is 68.0 Å². The molecular formula is C17H14ClN3O2S. The zero-order valence-corrected chi connectivity index (χ0v) is 14.4. The van der Waals surface area contributed by atoms with Gasteiger partial charge < -0.3 is 9.84 Å². The number of amides is 1. The number of nitrogens with zero attached hydrogens (tertiary/aromatic N) is 2. The van der Waals surface area contributed by atoms with Crippen LogP contribution >= 0.6 is 23.4 Å². The molecule has 0 aliphatic heterocycles. The first-order valence-corrected chi connectivity index (χ1v) is 8.57. The van der Waals surface area contributed by atoms with E-state index in [1.54, 1.807) is 25.1 Å². The molecule has 0 aliphatic carbocycles. The van der Waals surface area contributed by atoms with Gasteiger partial charge in [0.25, 0.3) is 5.91 Å². The average Bonchev–Trinajstić information content (AvgIpc) is 3.01. The van der Waals surface area contributed by atoms with Crippen molar-refractivity contribution in [3.63, 3.8) is 0 Å². The van der Waals surface area contributed by atoms with Crippen molar-refractivity contribution >= 4 is 35.0 Å².